The van der Waals surface area contributed by atoms with E-state index < -0.39 is 0 Å². The van der Waals surface area contributed by atoms with Crippen molar-refractivity contribution in [2.45, 2.75) is 72.6 Å². The van der Waals surface area contributed by atoms with Crippen molar-refractivity contribution in [3.05, 3.63) is 73.0 Å². The predicted molar refractivity (Wildman–Crippen MR) is 151 cm³/mol. The molecule has 0 aromatic heterocycles. The molecule has 3 N–H and O–H groups in total. The fourth-order valence-electron chi connectivity index (χ4n) is 3.47. The van der Waals surface area contributed by atoms with E-state index in [1.165, 1.54) is 22.5 Å². The minimum Gasteiger partial charge on any atom is -0.405 e. The summed E-state index contributed by atoms with van der Waals surface area (Å²) in [5.74, 6) is 1.33. The molecule has 0 fully saturated rings. The number of nitrogens with two attached hydrogens (primary N) is 1. The number of rotatable bonds is 11. The molecule has 2 aromatic rings. The van der Waals surface area contributed by atoms with Gasteiger partial charge in [0.05, 0.1) is 0 Å². The van der Waals surface area contributed by atoms with Crippen LogP contribution in [0, 0.1) is 24.7 Å². The first-order valence-electron chi connectivity index (χ1n) is 12.3. The minimum absolute atomic E-state index is 0.293. The van der Waals surface area contributed by atoms with Crippen molar-refractivity contribution in [1.29, 1.82) is 0 Å². The number of carbonyl (C=O) groups excluding carboxylic acids is 1. The third-order valence-electron chi connectivity index (χ3n) is 4.89. The van der Waals surface area contributed by atoms with Crippen LogP contribution in [0.2, 0.25) is 0 Å². The van der Waals surface area contributed by atoms with E-state index in [0.717, 1.165) is 38.5 Å². The molecule has 0 aliphatic heterocycles. The van der Waals surface area contributed by atoms with Crippen molar-refractivity contribution in [3.63, 3.8) is 0 Å². The van der Waals surface area contributed by atoms with Crippen LogP contribution in [0.15, 0.2) is 67.4 Å². The summed E-state index contributed by atoms with van der Waals surface area (Å²) in [6.07, 6.45) is 21.0. The van der Waals surface area contributed by atoms with Crippen LogP contribution in [0.4, 0.5) is 0 Å². The van der Waals surface area contributed by atoms with Crippen LogP contribution in [-0.2, 0) is 11.2 Å². The third kappa shape index (κ3) is 18.7. The lowest BCUT2D eigenvalue weighted by atomic mass is 9.92. The van der Waals surface area contributed by atoms with Gasteiger partial charge in [-0.05, 0) is 73.4 Å². The van der Waals surface area contributed by atoms with E-state index >= 15 is 0 Å². The van der Waals surface area contributed by atoms with Gasteiger partial charge in [0.15, 0.2) is 0 Å². The fourth-order valence-corrected chi connectivity index (χ4v) is 3.47. The van der Waals surface area contributed by atoms with Crippen LogP contribution < -0.4 is 5.73 Å². The first kappa shape index (κ1) is 33.3. The van der Waals surface area contributed by atoms with E-state index in [2.05, 4.69) is 101 Å². The third-order valence-corrected chi connectivity index (χ3v) is 4.89. The molecule has 0 radical (unpaired) electrons. The zero-order valence-electron chi connectivity index (χ0n) is 21.9. The second kappa shape index (κ2) is 23.3. The number of aryl methyl sites for hydroxylation is 1. The number of ketones is 1. The first-order chi connectivity index (χ1) is 16.4. The van der Waals surface area contributed by atoms with E-state index in [9.17, 15) is 4.79 Å². The van der Waals surface area contributed by atoms with Crippen molar-refractivity contribution in [3.8, 4) is 12.8 Å². The summed E-state index contributed by atoms with van der Waals surface area (Å²) in [5, 5.41) is 10.7. The zero-order chi connectivity index (χ0) is 26.2. The fraction of sp³-hybridized carbons (Fsp3) is 0.452. The lowest BCUT2D eigenvalue weighted by Gasteiger charge is -2.13. The lowest BCUT2D eigenvalue weighted by Crippen LogP contribution is -2.06. The number of unbranched alkanes of at least 4 members (excludes halogenated alkanes) is 2. The summed E-state index contributed by atoms with van der Waals surface area (Å²) >= 11 is 0. The summed E-state index contributed by atoms with van der Waals surface area (Å²) in [5.41, 5.74) is 6.02. The van der Waals surface area contributed by atoms with Crippen LogP contribution in [0.3, 0.4) is 0 Å². The van der Waals surface area contributed by atoms with Gasteiger partial charge in [0.1, 0.15) is 5.78 Å². The summed E-state index contributed by atoms with van der Waals surface area (Å²) in [7, 11) is 0. The summed E-state index contributed by atoms with van der Waals surface area (Å²) in [6.45, 7) is 11.7. The SMILES string of the molecule is C#C.C=CN.CC(=O)C[C@@H](/C=C/CCCc1ccc2ccccc2c1)CC(C)C.CCCCO. The van der Waals surface area contributed by atoms with Gasteiger partial charge in [-0.2, -0.15) is 0 Å². The van der Waals surface area contributed by atoms with Crippen LogP contribution in [-0.4, -0.2) is 17.5 Å². The van der Waals surface area contributed by atoms with Crippen LogP contribution in [0.1, 0.15) is 71.8 Å². The van der Waals surface area contributed by atoms with Crippen LogP contribution >= 0.6 is 0 Å². The molecule has 34 heavy (non-hydrogen) atoms. The molecule has 0 unspecified atom stereocenters. The number of fused-ring (bicyclic) bond motifs is 1. The minimum atomic E-state index is 0.293. The predicted octanol–water partition coefficient (Wildman–Crippen LogP) is 7.48. The van der Waals surface area contributed by atoms with Gasteiger partial charge in [0, 0.05) is 13.0 Å². The number of terminal acetylenes is 1. The largest absolute Gasteiger partial charge is 0.405 e. The number of benzene rings is 2. The van der Waals surface area contributed by atoms with Crippen molar-refractivity contribution in [1.82, 2.24) is 0 Å². The van der Waals surface area contributed by atoms with Gasteiger partial charge in [0.2, 0.25) is 0 Å². The maximum absolute atomic E-state index is 11.4. The molecule has 0 saturated heterocycles. The average molecular weight is 466 g/mol. The molecule has 0 bridgehead atoms. The van der Waals surface area contributed by atoms with E-state index in [4.69, 9.17) is 5.11 Å². The molecule has 0 aliphatic rings. The van der Waals surface area contributed by atoms with E-state index in [1.807, 2.05) is 0 Å². The zero-order valence-corrected chi connectivity index (χ0v) is 21.9. The molecule has 0 saturated carbocycles. The van der Waals surface area contributed by atoms with Crippen molar-refractivity contribution in [2.24, 2.45) is 17.6 Å². The maximum atomic E-state index is 11.4. The number of hydrogen-bond acceptors (Lipinski definition) is 3. The summed E-state index contributed by atoms with van der Waals surface area (Å²) in [4.78, 5) is 11.4. The number of allylic oxidation sites excluding steroid dienone is 2. The Balaban J connectivity index is 0. The lowest BCUT2D eigenvalue weighted by molar-refractivity contribution is -0.117. The van der Waals surface area contributed by atoms with Crippen molar-refractivity contribution < 1.29 is 9.90 Å². The van der Waals surface area contributed by atoms with E-state index in [0.29, 0.717) is 30.6 Å². The quantitative estimate of drug-likeness (QED) is 0.205. The van der Waals surface area contributed by atoms with Gasteiger partial charge in [-0.15, -0.1) is 12.8 Å². The van der Waals surface area contributed by atoms with Gasteiger partial charge < -0.3 is 15.6 Å². The molecule has 2 aromatic carbocycles. The molecule has 3 nitrogen and oxygen atoms in total. The molecular formula is C31H47NO2. The number of hydrogen-bond donors (Lipinski definition) is 2. The Hall–Kier alpha value is -2.83. The van der Waals surface area contributed by atoms with Gasteiger partial charge in [-0.1, -0.05) is 88.4 Å². The second-order valence-corrected chi connectivity index (χ2v) is 8.61. The van der Waals surface area contributed by atoms with Crippen LogP contribution in [0.25, 0.3) is 10.8 Å². The molecule has 0 amide bonds. The highest BCUT2D eigenvalue weighted by molar-refractivity contribution is 5.83. The van der Waals surface area contributed by atoms with Gasteiger partial charge in [0.25, 0.3) is 0 Å². The summed E-state index contributed by atoms with van der Waals surface area (Å²) < 4.78 is 0. The molecule has 2 rings (SSSR count). The summed E-state index contributed by atoms with van der Waals surface area (Å²) in [6, 6.07) is 15.3. The smallest absolute Gasteiger partial charge is 0.130 e. The molecule has 188 valence electrons. The Morgan fingerprint density at radius 1 is 1.12 bits per heavy atom. The topological polar surface area (TPSA) is 63.3 Å². The molecule has 3 heteroatoms. The molecule has 1 atom stereocenters. The Morgan fingerprint density at radius 2 is 1.74 bits per heavy atom. The van der Waals surface area contributed by atoms with Crippen molar-refractivity contribution >= 4 is 16.6 Å². The standard InChI is InChI=1S/C23H30O.C4H10O.C2H5N.C2H2/c1-18(2)15-21(16-19(3)24)10-6-4-5-9-20-13-14-22-11-7-8-12-23(22)17-20;1-2-3-4-5;1-2-3;1-2/h6-8,10-14,17-18,21H,4-5,9,15-16H2,1-3H3;5H,2-4H2,1H3;2H,1,3H2;1-2H/b10-6+;;;/t21-;;;/m0.../s1. The first-order valence-corrected chi connectivity index (χ1v) is 12.3. The highest BCUT2D eigenvalue weighted by atomic mass is 16.2. The number of carbonyl (C=O) groups is 1. The molecule has 0 heterocycles. The van der Waals surface area contributed by atoms with Crippen molar-refractivity contribution in [2.75, 3.05) is 6.61 Å². The van der Waals surface area contributed by atoms with Crippen LogP contribution in [0.5, 0.6) is 0 Å². The highest BCUT2D eigenvalue weighted by Crippen LogP contribution is 2.19. The van der Waals surface area contributed by atoms with Gasteiger partial charge in [-0.3, -0.25) is 0 Å². The van der Waals surface area contributed by atoms with Gasteiger partial charge in [-0.25, -0.2) is 0 Å². The number of aliphatic hydroxyl groups excluding tert-OH is 1. The second-order valence-electron chi connectivity index (χ2n) is 8.61. The molecular weight excluding hydrogens is 418 g/mol. The molecule has 0 aliphatic carbocycles. The molecule has 0 spiro atoms. The Labute approximate surface area is 209 Å². The van der Waals surface area contributed by atoms with Gasteiger partial charge >= 0.3 is 0 Å². The Bertz CT molecular complexity index is 818. The number of aliphatic hydroxyl groups is 1. The van der Waals surface area contributed by atoms with E-state index in [1.54, 1.807) is 6.92 Å². The normalized spacial score (nSPS) is 10.8. The maximum Gasteiger partial charge on any atom is 0.130 e. The highest BCUT2D eigenvalue weighted by Gasteiger charge is 2.09. The Kier molecular flexibility index (Phi) is 22.9. The Morgan fingerprint density at radius 3 is 2.24 bits per heavy atom. The monoisotopic (exact) mass is 465 g/mol. The average Bonchev–Trinajstić information content (AvgIpc) is 2.81. The van der Waals surface area contributed by atoms with E-state index in [-0.39, 0.29) is 0 Å². The number of Topliss-reactive ketones (excluding diaryl/α,β-unsaturated/α-hetero) is 1.